The zero-order chi connectivity index (χ0) is 19.3. The van der Waals surface area contributed by atoms with Crippen molar-refractivity contribution in [1.29, 1.82) is 0 Å². The lowest BCUT2D eigenvalue weighted by Gasteiger charge is -2.17. The molecule has 3 heteroatoms. The SMILES string of the molecule is FC(F)(F)c1cccc(-c2cccc3c2=CCc2c4c(ccc2=3)=CCCC4)c1. The summed E-state index contributed by atoms with van der Waals surface area (Å²) in [5.41, 5.74) is 3.68. The molecule has 0 fully saturated rings. The highest BCUT2D eigenvalue weighted by atomic mass is 19.4. The molecule has 0 unspecified atom stereocenters. The molecular formula is C25H19F3. The first-order chi connectivity index (χ1) is 13.5. The topological polar surface area (TPSA) is 0 Å². The van der Waals surface area contributed by atoms with Crippen LogP contribution in [0.1, 0.15) is 29.5 Å². The Kier molecular flexibility index (Phi) is 3.94. The van der Waals surface area contributed by atoms with E-state index in [9.17, 15) is 13.2 Å². The van der Waals surface area contributed by atoms with Gasteiger partial charge in [-0.2, -0.15) is 13.2 Å². The second kappa shape index (κ2) is 6.37. The van der Waals surface area contributed by atoms with E-state index in [1.54, 1.807) is 6.07 Å². The summed E-state index contributed by atoms with van der Waals surface area (Å²) in [6.07, 6.45) is 4.40. The highest BCUT2D eigenvalue weighted by Crippen LogP contribution is 2.31. The van der Waals surface area contributed by atoms with Crippen molar-refractivity contribution in [2.45, 2.75) is 31.9 Å². The Labute approximate surface area is 161 Å². The third-order valence-electron chi connectivity index (χ3n) is 5.87. The van der Waals surface area contributed by atoms with Crippen molar-refractivity contribution in [3.8, 4) is 11.1 Å². The van der Waals surface area contributed by atoms with Crippen molar-refractivity contribution in [1.82, 2.24) is 0 Å². The van der Waals surface area contributed by atoms with Gasteiger partial charge in [0.05, 0.1) is 5.56 Å². The van der Waals surface area contributed by atoms with E-state index in [0.29, 0.717) is 5.56 Å². The van der Waals surface area contributed by atoms with Gasteiger partial charge < -0.3 is 0 Å². The van der Waals surface area contributed by atoms with Gasteiger partial charge >= 0.3 is 6.18 Å². The fraction of sp³-hybridized carbons (Fsp3) is 0.200. The minimum atomic E-state index is -4.34. The van der Waals surface area contributed by atoms with Crippen LogP contribution in [0.15, 0.2) is 54.6 Å². The van der Waals surface area contributed by atoms with Crippen molar-refractivity contribution in [3.05, 3.63) is 92.2 Å². The molecule has 0 aromatic heterocycles. The number of hydrogen-bond acceptors (Lipinski definition) is 0. The molecule has 0 N–H and O–H groups in total. The minimum absolute atomic E-state index is 0.608. The molecule has 140 valence electrons. The lowest BCUT2D eigenvalue weighted by molar-refractivity contribution is -0.137. The van der Waals surface area contributed by atoms with Crippen LogP contribution in [-0.4, -0.2) is 0 Å². The fourth-order valence-electron chi connectivity index (χ4n) is 4.56. The standard InChI is InChI=1S/C25H19F3/c26-25(27,28)18-7-3-6-17(15-18)20-9-4-10-21-23(20)14-13-22-19-8-2-1-5-16(19)11-12-24(21)22/h3-7,9-12,14-15H,1-2,8,13H2. The van der Waals surface area contributed by atoms with Crippen molar-refractivity contribution in [2.24, 2.45) is 0 Å². The quantitative estimate of drug-likeness (QED) is 0.553. The van der Waals surface area contributed by atoms with Crippen LogP contribution in [0, 0.1) is 10.4 Å². The van der Waals surface area contributed by atoms with Gasteiger partial charge in [0, 0.05) is 0 Å². The summed E-state index contributed by atoms with van der Waals surface area (Å²) < 4.78 is 39.5. The molecule has 0 aliphatic heterocycles. The van der Waals surface area contributed by atoms with Crippen LogP contribution < -0.4 is 10.4 Å². The average molecular weight is 376 g/mol. The first kappa shape index (κ1) is 17.3. The van der Waals surface area contributed by atoms with Gasteiger partial charge in [-0.15, -0.1) is 0 Å². The van der Waals surface area contributed by atoms with Crippen LogP contribution >= 0.6 is 0 Å². The van der Waals surface area contributed by atoms with E-state index in [4.69, 9.17) is 0 Å². The molecule has 0 heterocycles. The van der Waals surface area contributed by atoms with Crippen molar-refractivity contribution in [3.63, 3.8) is 0 Å². The van der Waals surface area contributed by atoms with Gasteiger partial charge in [-0.05, 0) is 80.9 Å². The molecule has 0 amide bonds. The van der Waals surface area contributed by atoms with E-state index in [2.05, 4.69) is 30.4 Å². The van der Waals surface area contributed by atoms with Crippen LogP contribution in [0.4, 0.5) is 13.2 Å². The summed E-state index contributed by atoms with van der Waals surface area (Å²) in [5, 5.41) is 4.72. The largest absolute Gasteiger partial charge is 0.416 e. The summed E-state index contributed by atoms with van der Waals surface area (Å²) >= 11 is 0. The van der Waals surface area contributed by atoms with Crippen LogP contribution in [0.3, 0.4) is 0 Å². The summed E-state index contributed by atoms with van der Waals surface area (Å²) in [5.74, 6) is 0. The molecule has 0 saturated carbocycles. The Morgan fingerprint density at radius 3 is 2.50 bits per heavy atom. The number of halogens is 3. The van der Waals surface area contributed by atoms with Crippen LogP contribution in [0.25, 0.3) is 23.3 Å². The van der Waals surface area contributed by atoms with Crippen molar-refractivity contribution >= 4 is 12.2 Å². The molecule has 3 aromatic carbocycles. The van der Waals surface area contributed by atoms with E-state index >= 15 is 0 Å². The highest BCUT2D eigenvalue weighted by Gasteiger charge is 2.30. The first-order valence-electron chi connectivity index (χ1n) is 9.64. The molecule has 5 rings (SSSR count). The Morgan fingerprint density at radius 1 is 0.786 bits per heavy atom. The van der Waals surface area contributed by atoms with Crippen LogP contribution in [0.5, 0.6) is 0 Å². The minimum Gasteiger partial charge on any atom is -0.166 e. The van der Waals surface area contributed by atoms with E-state index < -0.39 is 11.7 Å². The normalized spacial score (nSPS) is 15.0. The number of hydrogen-bond donors (Lipinski definition) is 0. The molecule has 0 radical (unpaired) electrons. The molecule has 0 nitrogen and oxygen atoms in total. The monoisotopic (exact) mass is 376 g/mol. The molecule has 2 aliphatic rings. The Hall–Kier alpha value is -2.81. The van der Waals surface area contributed by atoms with E-state index in [0.717, 1.165) is 41.3 Å². The predicted octanol–water partition coefficient (Wildman–Crippen LogP) is 5.11. The smallest absolute Gasteiger partial charge is 0.166 e. The maximum Gasteiger partial charge on any atom is 0.416 e. The highest BCUT2D eigenvalue weighted by molar-refractivity contribution is 5.67. The fourth-order valence-corrected chi connectivity index (χ4v) is 4.56. The summed E-state index contributed by atoms with van der Waals surface area (Å²) in [7, 11) is 0. The van der Waals surface area contributed by atoms with Crippen molar-refractivity contribution in [2.75, 3.05) is 0 Å². The second-order valence-electron chi connectivity index (χ2n) is 7.51. The van der Waals surface area contributed by atoms with Crippen LogP contribution in [-0.2, 0) is 19.0 Å². The number of rotatable bonds is 1. The van der Waals surface area contributed by atoms with Gasteiger partial charge in [-0.3, -0.25) is 0 Å². The molecule has 3 aromatic rings. The molecule has 0 spiro atoms. The maximum absolute atomic E-state index is 13.2. The molecule has 28 heavy (non-hydrogen) atoms. The van der Waals surface area contributed by atoms with E-state index in [-0.39, 0.29) is 0 Å². The second-order valence-corrected chi connectivity index (χ2v) is 7.51. The molecular weight excluding hydrogens is 357 g/mol. The van der Waals surface area contributed by atoms with Crippen molar-refractivity contribution < 1.29 is 13.2 Å². The average Bonchev–Trinajstić information content (AvgIpc) is 2.72. The molecule has 0 bridgehead atoms. The van der Waals surface area contributed by atoms with Gasteiger partial charge in [0.25, 0.3) is 0 Å². The van der Waals surface area contributed by atoms with E-state index in [1.807, 2.05) is 12.1 Å². The zero-order valence-corrected chi connectivity index (χ0v) is 15.3. The number of benzene rings is 3. The van der Waals surface area contributed by atoms with Gasteiger partial charge in [0.15, 0.2) is 0 Å². The summed E-state index contributed by atoms with van der Waals surface area (Å²) in [6, 6.07) is 15.9. The Balaban J connectivity index is 1.80. The third-order valence-corrected chi connectivity index (χ3v) is 5.87. The van der Waals surface area contributed by atoms with E-state index in [1.165, 1.54) is 40.1 Å². The van der Waals surface area contributed by atoms with Gasteiger partial charge in [-0.1, -0.05) is 54.6 Å². The lowest BCUT2D eigenvalue weighted by atomic mass is 9.87. The van der Waals surface area contributed by atoms with Gasteiger partial charge in [0.1, 0.15) is 0 Å². The predicted molar refractivity (Wildman–Crippen MR) is 106 cm³/mol. The first-order valence-corrected chi connectivity index (χ1v) is 9.64. The third kappa shape index (κ3) is 2.77. The molecule has 0 atom stereocenters. The van der Waals surface area contributed by atoms with Crippen LogP contribution in [0.2, 0.25) is 0 Å². The number of alkyl halides is 3. The Morgan fingerprint density at radius 2 is 1.64 bits per heavy atom. The zero-order valence-electron chi connectivity index (χ0n) is 15.3. The number of fused-ring (bicyclic) bond motifs is 4. The summed E-state index contributed by atoms with van der Waals surface area (Å²) in [6.45, 7) is 0. The summed E-state index contributed by atoms with van der Waals surface area (Å²) in [4.78, 5) is 0. The van der Waals surface area contributed by atoms with Gasteiger partial charge in [-0.25, -0.2) is 0 Å². The molecule has 2 aliphatic carbocycles. The maximum atomic E-state index is 13.2. The lowest BCUT2D eigenvalue weighted by Crippen LogP contribution is -2.20. The molecule has 0 saturated heterocycles. The Bertz CT molecular complexity index is 1300. The van der Waals surface area contributed by atoms with Gasteiger partial charge in [0.2, 0.25) is 0 Å².